The lowest BCUT2D eigenvalue weighted by Gasteiger charge is -2.02. The van der Waals surface area contributed by atoms with Gasteiger partial charge in [-0.2, -0.15) is 5.26 Å². The average molecular weight is 196 g/mol. The maximum Gasteiger partial charge on any atom is 0.138 e. The van der Waals surface area contributed by atoms with Gasteiger partial charge in [0.15, 0.2) is 0 Å². The summed E-state index contributed by atoms with van der Waals surface area (Å²) in [7, 11) is 0. The number of nitriles is 1. The minimum absolute atomic E-state index is 0.768. The van der Waals surface area contributed by atoms with E-state index in [2.05, 4.69) is 0 Å². The molecule has 0 aliphatic rings. The lowest BCUT2D eigenvalue weighted by Crippen LogP contribution is -1.87. The Morgan fingerprint density at radius 3 is 2.83 bits per heavy atom. The molecule has 1 aromatic carbocycles. The molecule has 2 nitrogen and oxygen atoms in total. The summed E-state index contributed by atoms with van der Waals surface area (Å²) < 4.78 is 0. The molecule has 2 N–H and O–H groups in total. The van der Waals surface area contributed by atoms with Crippen molar-refractivity contribution in [3.05, 3.63) is 18.2 Å². The van der Waals surface area contributed by atoms with Crippen LogP contribution in [-0.4, -0.2) is 6.26 Å². The van der Waals surface area contributed by atoms with Gasteiger partial charge in [0.1, 0.15) is 5.40 Å². The van der Waals surface area contributed by atoms with Gasteiger partial charge in [-0.3, -0.25) is 0 Å². The maximum absolute atomic E-state index is 8.43. The van der Waals surface area contributed by atoms with E-state index in [0.717, 1.165) is 27.2 Å². The molecule has 62 valence electrons. The number of thiocyanates is 1. The molecule has 0 aliphatic carbocycles. The van der Waals surface area contributed by atoms with Crippen molar-refractivity contribution in [2.45, 2.75) is 9.79 Å². The molecule has 0 fully saturated rings. The van der Waals surface area contributed by atoms with Crippen LogP contribution >= 0.6 is 23.5 Å². The molecule has 1 rings (SSSR count). The van der Waals surface area contributed by atoms with Gasteiger partial charge >= 0.3 is 0 Å². The highest BCUT2D eigenvalue weighted by Gasteiger charge is 1.99. The molecule has 0 radical (unpaired) electrons. The van der Waals surface area contributed by atoms with Crippen LogP contribution in [0.3, 0.4) is 0 Å². The molecule has 0 amide bonds. The largest absolute Gasteiger partial charge is 0.398 e. The van der Waals surface area contributed by atoms with Crippen molar-refractivity contribution in [3.63, 3.8) is 0 Å². The maximum atomic E-state index is 8.43. The minimum Gasteiger partial charge on any atom is -0.398 e. The number of nitrogens with two attached hydrogens (primary N) is 1. The topological polar surface area (TPSA) is 49.8 Å². The fourth-order valence-corrected chi connectivity index (χ4v) is 1.85. The van der Waals surface area contributed by atoms with Crippen molar-refractivity contribution in [3.8, 4) is 5.40 Å². The van der Waals surface area contributed by atoms with Gasteiger partial charge in [-0.1, -0.05) is 0 Å². The number of nitrogens with zero attached hydrogens (tertiary/aromatic N) is 1. The number of nitrogen functional groups attached to an aromatic ring is 1. The van der Waals surface area contributed by atoms with Crippen LogP contribution in [0.2, 0.25) is 0 Å². The van der Waals surface area contributed by atoms with E-state index in [1.165, 1.54) is 0 Å². The third-order valence-corrected chi connectivity index (χ3v) is 2.74. The number of hydrogen-bond donors (Lipinski definition) is 1. The van der Waals surface area contributed by atoms with Crippen LogP contribution in [0.25, 0.3) is 0 Å². The zero-order valence-corrected chi connectivity index (χ0v) is 8.21. The first-order valence-corrected chi connectivity index (χ1v) is 5.31. The SMILES string of the molecule is CSc1cc(SC#N)ccc1N. The van der Waals surface area contributed by atoms with E-state index in [0.29, 0.717) is 0 Å². The van der Waals surface area contributed by atoms with Gasteiger partial charge in [-0.15, -0.1) is 11.8 Å². The Kier molecular flexibility index (Phi) is 3.32. The number of hydrogen-bond acceptors (Lipinski definition) is 4. The highest BCUT2D eigenvalue weighted by atomic mass is 32.2. The molecule has 12 heavy (non-hydrogen) atoms. The van der Waals surface area contributed by atoms with Crippen molar-refractivity contribution in [1.29, 1.82) is 5.26 Å². The number of benzene rings is 1. The molecule has 0 heterocycles. The normalized spacial score (nSPS) is 9.33. The summed E-state index contributed by atoms with van der Waals surface area (Å²) in [6.07, 6.45) is 1.96. The fraction of sp³-hybridized carbons (Fsp3) is 0.125. The standard InChI is InChI=1S/C8H8N2S2/c1-11-8-4-6(12-5-9)2-3-7(8)10/h2-4H,10H2,1H3. The van der Waals surface area contributed by atoms with Gasteiger partial charge in [0.2, 0.25) is 0 Å². The van der Waals surface area contributed by atoms with E-state index in [4.69, 9.17) is 11.0 Å². The first kappa shape index (κ1) is 9.30. The first-order chi connectivity index (χ1) is 5.77. The predicted octanol–water partition coefficient (Wildman–Crippen LogP) is 2.56. The predicted molar refractivity (Wildman–Crippen MR) is 54.1 cm³/mol. The van der Waals surface area contributed by atoms with E-state index in [1.54, 1.807) is 11.8 Å². The number of rotatable bonds is 2. The highest BCUT2D eigenvalue weighted by molar-refractivity contribution is 8.03. The summed E-state index contributed by atoms with van der Waals surface area (Å²) in [5.74, 6) is 0. The third kappa shape index (κ3) is 2.10. The van der Waals surface area contributed by atoms with Crippen molar-refractivity contribution >= 4 is 29.2 Å². The second-order valence-corrected chi connectivity index (χ2v) is 3.80. The van der Waals surface area contributed by atoms with Crippen molar-refractivity contribution in [2.75, 3.05) is 12.0 Å². The Bertz CT molecular complexity index is 317. The molecule has 0 aromatic heterocycles. The molecule has 0 bridgehead atoms. The summed E-state index contributed by atoms with van der Waals surface area (Å²) in [6.45, 7) is 0. The fourth-order valence-electron chi connectivity index (χ4n) is 0.808. The lowest BCUT2D eigenvalue weighted by atomic mass is 10.3. The molecule has 1 aromatic rings. The summed E-state index contributed by atoms with van der Waals surface area (Å²) in [6, 6.07) is 5.60. The summed E-state index contributed by atoms with van der Waals surface area (Å²) in [5.41, 5.74) is 6.45. The van der Waals surface area contributed by atoms with Crippen molar-refractivity contribution in [1.82, 2.24) is 0 Å². The molecule has 4 heteroatoms. The minimum atomic E-state index is 0.768. The third-order valence-electron chi connectivity index (χ3n) is 1.37. The average Bonchev–Trinajstić information content (AvgIpc) is 2.09. The molecule has 0 unspecified atom stereocenters. The van der Waals surface area contributed by atoms with Crippen molar-refractivity contribution in [2.24, 2.45) is 0 Å². The van der Waals surface area contributed by atoms with Crippen molar-refractivity contribution < 1.29 is 0 Å². The van der Waals surface area contributed by atoms with E-state index in [9.17, 15) is 0 Å². The Hall–Kier alpha value is -0.790. The highest BCUT2D eigenvalue weighted by Crippen LogP contribution is 2.27. The molecule has 0 saturated heterocycles. The van der Waals surface area contributed by atoms with E-state index < -0.39 is 0 Å². The van der Waals surface area contributed by atoms with E-state index >= 15 is 0 Å². The summed E-state index contributed by atoms with van der Waals surface area (Å²) in [5, 5.41) is 10.4. The summed E-state index contributed by atoms with van der Waals surface area (Å²) in [4.78, 5) is 1.96. The van der Waals surface area contributed by atoms with Gasteiger partial charge in [0, 0.05) is 15.5 Å². The Morgan fingerprint density at radius 2 is 2.25 bits per heavy atom. The van der Waals surface area contributed by atoms with E-state index in [-0.39, 0.29) is 0 Å². The van der Waals surface area contributed by atoms with Crippen LogP contribution < -0.4 is 5.73 Å². The zero-order valence-electron chi connectivity index (χ0n) is 6.57. The molecular formula is C8H8N2S2. The second kappa shape index (κ2) is 4.29. The quantitative estimate of drug-likeness (QED) is 0.448. The molecular weight excluding hydrogens is 188 g/mol. The number of anilines is 1. The van der Waals surface area contributed by atoms with Crippen LogP contribution in [0.5, 0.6) is 0 Å². The van der Waals surface area contributed by atoms with Crippen LogP contribution in [0.1, 0.15) is 0 Å². The first-order valence-electron chi connectivity index (χ1n) is 3.27. The van der Waals surface area contributed by atoms with Gasteiger partial charge in [-0.25, -0.2) is 0 Å². The molecule has 0 saturated carbocycles. The monoisotopic (exact) mass is 196 g/mol. The van der Waals surface area contributed by atoms with E-state index in [1.807, 2.05) is 29.9 Å². The van der Waals surface area contributed by atoms with Gasteiger partial charge in [-0.05, 0) is 36.2 Å². The molecule has 0 aliphatic heterocycles. The van der Waals surface area contributed by atoms with Gasteiger partial charge in [0.05, 0.1) is 0 Å². The van der Waals surface area contributed by atoms with Crippen LogP contribution in [0.4, 0.5) is 5.69 Å². The Labute approximate surface area is 80.1 Å². The lowest BCUT2D eigenvalue weighted by molar-refractivity contribution is 1.34. The van der Waals surface area contributed by atoms with Gasteiger partial charge < -0.3 is 5.73 Å². The number of thioether (sulfide) groups is 2. The molecule has 0 spiro atoms. The summed E-state index contributed by atoms with van der Waals surface area (Å²) >= 11 is 2.74. The van der Waals surface area contributed by atoms with Crippen LogP contribution in [0, 0.1) is 10.7 Å². The Balaban J connectivity index is 2.98. The zero-order chi connectivity index (χ0) is 8.97. The van der Waals surface area contributed by atoms with Crippen LogP contribution in [0.15, 0.2) is 28.0 Å². The Morgan fingerprint density at radius 1 is 1.50 bits per heavy atom. The molecule has 0 atom stereocenters. The van der Waals surface area contributed by atoms with Gasteiger partial charge in [0.25, 0.3) is 0 Å². The second-order valence-electron chi connectivity index (χ2n) is 2.10. The van der Waals surface area contributed by atoms with Crippen LogP contribution in [-0.2, 0) is 0 Å². The smallest absolute Gasteiger partial charge is 0.138 e.